The Hall–Kier alpha value is -2.07. The zero-order valence-electron chi connectivity index (χ0n) is 15.5. The number of aromatic nitrogens is 1. The lowest BCUT2D eigenvalue weighted by atomic mass is 10.1. The van der Waals surface area contributed by atoms with Crippen LogP contribution in [0.1, 0.15) is 22.3 Å². The standard InChI is InChI=1S/C21H25N3S/c1-14-5-6-15(2)18(13-14)23-9-11-24(12-10-23)21-22-19-16(3)7-8-17(4)20(19)25-21/h5-8,13H,9-12H2,1-4H3. The molecule has 0 saturated carbocycles. The van der Waals surface area contributed by atoms with Gasteiger partial charge in [-0.2, -0.15) is 0 Å². The number of hydrogen-bond donors (Lipinski definition) is 0. The highest BCUT2D eigenvalue weighted by Gasteiger charge is 2.21. The fraction of sp³-hybridized carbons (Fsp3) is 0.381. The van der Waals surface area contributed by atoms with E-state index in [1.165, 1.54) is 43.3 Å². The summed E-state index contributed by atoms with van der Waals surface area (Å²) in [5, 5.41) is 1.17. The highest BCUT2D eigenvalue weighted by atomic mass is 32.1. The molecule has 1 saturated heterocycles. The van der Waals surface area contributed by atoms with E-state index in [1.807, 2.05) is 11.3 Å². The predicted octanol–water partition coefficient (Wildman–Crippen LogP) is 4.86. The smallest absolute Gasteiger partial charge is 0.186 e. The Morgan fingerprint density at radius 2 is 1.44 bits per heavy atom. The second-order valence-corrected chi connectivity index (χ2v) is 8.12. The first-order chi connectivity index (χ1) is 12.0. The second kappa shape index (κ2) is 6.34. The minimum atomic E-state index is 1.03. The number of piperazine rings is 1. The van der Waals surface area contributed by atoms with Crippen molar-refractivity contribution in [3.05, 3.63) is 52.6 Å². The van der Waals surface area contributed by atoms with E-state index in [0.717, 1.165) is 26.2 Å². The first-order valence-corrected chi connectivity index (χ1v) is 9.78. The predicted molar refractivity (Wildman–Crippen MR) is 109 cm³/mol. The number of fused-ring (bicyclic) bond motifs is 1. The minimum Gasteiger partial charge on any atom is -0.368 e. The zero-order valence-corrected chi connectivity index (χ0v) is 16.3. The van der Waals surface area contributed by atoms with E-state index in [2.05, 4.69) is 67.8 Å². The van der Waals surface area contributed by atoms with Crippen molar-refractivity contribution in [2.45, 2.75) is 27.7 Å². The Balaban J connectivity index is 1.55. The number of aryl methyl sites for hydroxylation is 4. The Morgan fingerprint density at radius 1 is 0.800 bits per heavy atom. The molecule has 0 N–H and O–H groups in total. The number of anilines is 2. The fourth-order valence-electron chi connectivity index (χ4n) is 3.58. The molecule has 1 aromatic heterocycles. The zero-order chi connectivity index (χ0) is 17.6. The molecule has 4 rings (SSSR count). The van der Waals surface area contributed by atoms with Gasteiger partial charge in [-0.25, -0.2) is 4.98 Å². The summed E-state index contributed by atoms with van der Waals surface area (Å²) in [4.78, 5) is 9.92. The van der Waals surface area contributed by atoms with Crippen LogP contribution in [-0.4, -0.2) is 31.2 Å². The van der Waals surface area contributed by atoms with Gasteiger partial charge in [0.1, 0.15) is 0 Å². The molecule has 4 heteroatoms. The third kappa shape index (κ3) is 2.99. The van der Waals surface area contributed by atoms with Crippen molar-refractivity contribution in [3.8, 4) is 0 Å². The summed E-state index contributed by atoms with van der Waals surface area (Å²) in [6.07, 6.45) is 0. The fourth-order valence-corrected chi connectivity index (χ4v) is 4.75. The molecule has 0 aliphatic carbocycles. The summed E-state index contributed by atoms with van der Waals surface area (Å²) in [7, 11) is 0. The van der Waals surface area contributed by atoms with Crippen LogP contribution >= 0.6 is 11.3 Å². The average Bonchev–Trinajstić information content (AvgIpc) is 3.07. The lowest BCUT2D eigenvalue weighted by Crippen LogP contribution is -2.46. The van der Waals surface area contributed by atoms with Crippen molar-refractivity contribution in [2.75, 3.05) is 36.0 Å². The summed E-state index contributed by atoms with van der Waals surface area (Å²) in [5.74, 6) is 0. The van der Waals surface area contributed by atoms with Gasteiger partial charge in [0.2, 0.25) is 0 Å². The molecule has 2 heterocycles. The monoisotopic (exact) mass is 351 g/mol. The molecule has 0 spiro atoms. The van der Waals surface area contributed by atoms with Crippen molar-refractivity contribution >= 4 is 32.4 Å². The summed E-state index contributed by atoms with van der Waals surface area (Å²) in [5.41, 5.74) is 7.87. The SMILES string of the molecule is Cc1ccc(C)c(N2CCN(c3nc4c(C)ccc(C)c4s3)CC2)c1. The Bertz CT molecular complexity index is 881. The van der Waals surface area contributed by atoms with Crippen molar-refractivity contribution in [1.29, 1.82) is 0 Å². The summed E-state index contributed by atoms with van der Waals surface area (Å²) in [6, 6.07) is 11.1. The number of thiazole rings is 1. The third-order valence-electron chi connectivity index (χ3n) is 5.19. The van der Waals surface area contributed by atoms with E-state index in [4.69, 9.17) is 4.98 Å². The molecule has 130 valence electrons. The molecule has 2 aromatic carbocycles. The topological polar surface area (TPSA) is 19.4 Å². The van der Waals surface area contributed by atoms with Crippen LogP contribution in [0.15, 0.2) is 30.3 Å². The van der Waals surface area contributed by atoms with Crippen LogP contribution in [-0.2, 0) is 0 Å². The molecule has 3 aromatic rings. The molecule has 0 atom stereocenters. The molecule has 0 bridgehead atoms. The molecule has 3 nitrogen and oxygen atoms in total. The van der Waals surface area contributed by atoms with Gasteiger partial charge in [0.05, 0.1) is 10.2 Å². The van der Waals surface area contributed by atoms with Gasteiger partial charge in [-0.05, 0) is 56.0 Å². The van der Waals surface area contributed by atoms with E-state index < -0.39 is 0 Å². The van der Waals surface area contributed by atoms with Crippen LogP contribution in [0.5, 0.6) is 0 Å². The van der Waals surface area contributed by atoms with Crippen molar-refractivity contribution < 1.29 is 0 Å². The number of nitrogens with zero attached hydrogens (tertiary/aromatic N) is 3. The quantitative estimate of drug-likeness (QED) is 0.657. The van der Waals surface area contributed by atoms with Gasteiger partial charge in [-0.3, -0.25) is 0 Å². The van der Waals surface area contributed by atoms with Crippen LogP contribution in [0.2, 0.25) is 0 Å². The van der Waals surface area contributed by atoms with Gasteiger partial charge in [0, 0.05) is 31.9 Å². The lowest BCUT2D eigenvalue weighted by molar-refractivity contribution is 0.651. The Morgan fingerprint density at radius 3 is 2.16 bits per heavy atom. The maximum Gasteiger partial charge on any atom is 0.186 e. The maximum atomic E-state index is 4.95. The molecule has 1 aliphatic heterocycles. The van der Waals surface area contributed by atoms with Gasteiger partial charge in [0.15, 0.2) is 5.13 Å². The van der Waals surface area contributed by atoms with Gasteiger partial charge >= 0.3 is 0 Å². The highest BCUT2D eigenvalue weighted by Crippen LogP contribution is 2.34. The van der Waals surface area contributed by atoms with Gasteiger partial charge in [-0.15, -0.1) is 0 Å². The van der Waals surface area contributed by atoms with E-state index >= 15 is 0 Å². The third-order valence-corrected chi connectivity index (χ3v) is 6.44. The average molecular weight is 352 g/mol. The van der Waals surface area contributed by atoms with Crippen LogP contribution < -0.4 is 9.80 Å². The van der Waals surface area contributed by atoms with Crippen molar-refractivity contribution in [3.63, 3.8) is 0 Å². The van der Waals surface area contributed by atoms with Crippen LogP contribution in [0.4, 0.5) is 10.8 Å². The molecule has 25 heavy (non-hydrogen) atoms. The van der Waals surface area contributed by atoms with Gasteiger partial charge in [0.25, 0.3) is 0 Å². The molecule has 0 amide bonds. The Labute approximate surface area is 153 Å². The Kier molecular flexibility index (Phi) is 4.16. The first kappa shape index (κ1) is 16.4. The molecule has 0 radical (unpaired) electrons. The van der Waals surface area contributed by atoms with Crippen molar-refractivity contribution in [2.24, 2.45) is 0 Å². The molecular weight excluding hydrogens is 326 g/mol. The lowest BCUT2D eigenvalue weighted by Gasteiger charge is -2.36. The molecule has 1 aliphatic rings. The second-order valence-electron chi connectivity index (χ2n) is 7.14. The largest absolute Gasteiger partial charge is 0.368 e. The number of hydrogen-bond acceptors (Lipinski definition) is 4. The van der Waals surface area contributed by atoms with Crippen LogP contribution in [0.3, 0.4) is 0 Å². The van der Waals surface area contributed by atoms with Crippen LogP contribution in [0, 0.1) is 27.7 Å². The number of rotatable bonds is 2. The summed E-state index contributed by atoms with van der Waals surface area (Å²) < 4.78 is 1.34. The van der Waals surface area contributed by atoms with E-state index in [9.17, 15) is 0 Å². The van der Waals surface area contributed by atoms with E-state index in [-0.39, 0.29) is 0 Å². The van der Waals surface area contributed by atoms with Crippen molar-refractivity contribution in [1.82, 2.24) is 4.98 Å². The highest BCUT2D eigenvalue weighted by molar-refractivity contribution is 7.22. The van der Waals surface area contributed by atoms with E-state index in [1.54, 1.807) is 0 Å². The van der Waals surface area contributed by atoms with Crippen LogP contribution in [0.25, 0.3) is 10.2 Å². The molecule has 1 fully saturated rings. The summed E-state index contributed by atoms with van der Waals surface area (Å²) in [6.45, 7) is 12.9. The number of benzene rings is 2. The van der Waals surface area contributed by atoms with Gasteiger partial charge in [-0.1, -0.05) is 35.6 Å². The normalized spacial score (nSPS) is 15.2. The maximum absolute atomic E-state index is 4.95. The summed E-state index contributed by atoms with van der Waals surface area (Å²) >= 11 is 1.84. The van der Waals surface area contributed by atoms with Gasteiger partial charge < -0.3 is 9.80 Å². The van der Waals surface area contributed by atoms with E-state index in [0.29, 0.717) is 0 Å². The molecule has 0 unspecified atom stereocenters. The first-order valence-electron chi connectivity index (χ1n) is 8.97. The minimum absolute atomic E-state index is 1.03. The molecular formula is C21H25N3S.